The van der Waals surface area contributed by atoms with E-state index in [1.807, 2.05) is 0 Å². The smallest absolute Gasteiger partial charge is 0.358 e. The van der Waals surface area contributed by atoms with Crippen LogP contribution in [0.1, 0.15) is 26.9 Å². The van der Waals surface area contributed by atoms with Crippen LogP contribution >= 0.6 is 11.6 Å². The normalized spacial score (nSPS) is 14.8. The molecular weight excluding hydrogens is 298 g/mol. The Bertz CT molecular complexity index is 710. The fourth-order valence-corrected chi connectivity index (χ4v) is 2.26. The van der Waals surface area contributed by atoms with E-state index in [0.29, 0.717) is 18.7 Å². The van der Waals surface area contributed by atoms with Gasteiger partial charge in [0.05, 0.1) is 17.8 Å². The molecule has 0 spiro atoms. The summed E-state index contributed by atoms with van der Waals surface area (Å²) in [5.74, 6) is -1.33. The Labute approximate surface area is 124 Å². The average Bonchev–Trinajstić information content (AvgIpc) is 2.87. The first kappa shape index (κ1) is 13.5. The van der Waals surface area contributed by atoms with Gasteiger partial charge in [0, 0.05) is 19.3 Å². The van der Waals surface area contributed by atoms with E-state index in [4.69, 9.17) is 16.7 Å². The molecule has 1 N–H and O–H groups in total. The second kappa shape index (κ2) is 5.13. The van der Waals surface area contributed by atoms with Gasteiger partial charge in [0.2, 0.25) is 0 Å². The van der Waals surface area contributed by atoms with Crippen molar-refractivity contribution in [2.24, 2.45) is 0 Å². The van der Waals surface area contributed by atoms with E-state index in [-0.39, 0.29) is 22.8 Å². The summed E-state index contributed by atoms with van der Waals surface area (Å²) in [6.45, 7) is 0.846. The molecule has 3 heterocycles. The number of hydrogen-bond acceptors (Lipinski definition) is 5. The van der Waals surface area contributed by atoms with Crippen LogP contribution in [0.3, 0.4) is 0 Å². The number of pyridine rings is 1. The summed E-state index contributed by atoms with van der Waals surface area (Å²) in [4.78, 5) is 28.4. The number of likely N-dealkylation sites (tertiary alicyclic amines) is 1. The summed E-state index contributed by atoms with van der Waals surface area (Å²) in [7, 11) is 0. The Morgan fingerprint density at radius 2 is 2.14 bits per heavy atom. The third-order valence-corrected chi connectivity index (χ3v) is 3.54. The van der Waals surface area contributed by atoms with Gasteiger partial charge >= 0.3 is 5.97 Å². The summed E-state index contributed by atoms with van der Waals surface area (Å²) >= 11 is 5.88. The highest BCUT2D eigenvalue weighted by atomic mass is 35.5. The number of aromatic nitrogens is 4. The van der Waals surface area contributed by atoms with Crippen LogP contribution in [-0.4, -0.2) is 55.0 Å². The number of nitrogens with zero attached hydrogens (tertiary/aromatic N) is 5. The molecule has 0 radical (unpaired) electrons. The molecule has 0 aliphatic carbocycles. The number of carbonyl (C=O) groups is 2. The first-order valence-corrected chi connectivity index (χ1v) is 6.49. The van der Waals surface area contributed by atoms with Crippen molar-refractivity contribution in [1.29, 1.82) is 0 Å². The van der Waals surface area contributed by atoms with Gasteiger partial charge in [-0.1, -0.05) is 16.8 Å². The maximum atomic E-state index is 12.2. The minimum atomic E-state index is -1.13. The maximum absolute atomic E-state index is 12.2. The number of amides is 1. The summed E-state index contributed by atoms with van der Waals surface area (Å²) in [6, 6.07) is 3.18. The van der Waals surface area contributed by atoms with E-state index in [2.05, 4.69) is 15.3 Å². The molecule has 1 aliphatic rings. The van der Waals surface area contributed by atoms with Gasteiger partial charge in [0.1, 0.15) is 5.15 Å². The molecular formula is C12H10ClN5O3. The average molecular weight is 308 g/mol. The van der Waals surface area contributed by atoms with Crippen LogP contribution in [0.25, 0.3) is 0 Å². The molecule has 0 atom stereocenters. The SMILES string of the molecule is O=C(O)c1cn(C2CN(C(=O)c3cccnc3Cl)C2)nn1. The summed E-state index contributed by atoms with van der Waals surface area (Å²) in [5, 5.41) is 16.2. The molecule has 108 valence electrons. The van der Waals surface area contributed by atoms with E-state index >= 15 is 0 Å². The first-order valence-electron chi connectivity index (χ1n) is 6.11. The van der Waals surface area contributed by atoms with Gasteiger partial charge in [-0.25, -0.2) is 14.5 Å². The molecule has 0 bridgehead atoms. The van der Waals surface area contributed by atoms with E-state index < -0.39 is 5.97 Å². The van der Waals surface area contributed by atoms with Crippen LogP contribution in [0.5, 0.6) is 0 Å². The van der Waals surface area contributed by atoms with Crippen LogP contribution in [0.4, 0.5) is 0 Å². The van der Waals surface area contributed by atoms with Gasteiger partial charge in [-0.05, 0) is 12.1 Å². The Morgan fingerprint density at radius 1 is 1.38 bits per heavy atom. The standard InChI is InChI=1S/C12H10ClN5O3/c13-10-8(2-1-3-14-10)11(19)17-4-7(5-17)18-6-9(12(20)21)15-16-18/h1-3,6-7H,4-5H2,(H,20,21). The number of carboxylic acid groups (broad SMARTS) is 1. The Hall–Kier alpha value is -2.48. The lowest BCUT2D eigenvalue weighted by Gasteiger charge is -2.38. The van der Waals surface area contributed by atoms with E-state index in [9.17, 15) is 9.59 Å². The van der Waals surface area contributed by atoms with Crippen LogP contribution in [0, 0.1) is 0 Å². The number of aromatic carboxylic acids is 1. The first-order chi connectivity index (χ1) is 10.1. The molecule has 1 amide bonds. The van der Waals surface area contributed by atoms with Crippen molar-refractivity contribution in [3.8, 4) is 0 Å². The van der Waals surface area contributed by atoms with Gasteiger partial charge in [0.25, 0.3) is 5.91 Å². The Kier molecular flexibility index (Phi) is 3.30. The number of rotatable bonds is 3. The van der Waals surface area contributed by atoms with Gasteiger partial charge in [-0.2, -0.15) is 0 Å². The third-order valence-electron chi connectivity index (χ3n) is 3.24. The Morgan fingerprint density at radius 3 is 2.76 bits per heavy atom. The zero-order chi connectivity index (χ0) is 15.0. The molecule has 9 heteroatoms. The van der Waals surface area contributed by atoms with Crippen LogP contribution in [-0.2, 0) is 0 Å². The van der Waals surface area contributed by atoms with E-state index in [0.717, 1.165) is 0 Å². The molecule has 0 aromatic carbocycles. The minimum Gasteiger partial charge on any atom is -0.476 e. The minimum absolute atomic E-state index is 0.0787. The number of carbonyl (C=O) groups excluding carboxylic acids is 1. The molecule has 21 heavy (non-hydrogen) atoms. The van der Waals surface area contributed by atoms with Crippen molar-refractivity contribution in [1.82, 2.24) is 24.9 Å². The zero-order valence-corrected chi connectivity index (χ0v) is 11.4. The predicted octanol–water partition coefficient (Wildman–Crippen LogP) is 0.722. The fraction of sp³-hybridized carbons (Fsp3) is 0.250. The summed E-state index contributed by atoms with van der Waals surface area (Å²) in [6.07, 6.45) is 2.87. The number of halogens is 1. The van der Waals surface area contributed by atoms with E-state index in [1.54, 1.807) is 17.0 Å². The Balaban J connectivity index is 1.66. The van der Waals surface area contributed by atoms with Crippen molar-refractivity contribution in [2.75, 3.05) is 13.1 Å². The van der Waals surface area contributed by atoms with Gasteiger partial charge < -0.3 is 10.0 Å². The molecule has 2 aromatic heterocycles. The second-order valence-corrected chi connectivity index (χ2v) is 4.95. The van der Waals surface area contributed by atoms with E-state index in [1.165, 1.54) is 17.1 Å². The summed E-state index contributed by atoms with van der Waals surface area (Å²) in [5.41, 5.74) is 0.234. The lowest BCUT2D eigenvalue weighted by Crippen LogP contribution is -2.51. The molecule has 1 saturated heterocycles. The lowest BCUT2D eigenvalue weighted by molar-refractivity contribution is 0.0497. The van der Waals surface area contributed by atoms with Crippen molar-refractivity contribution >= 4 is 23.5 Å². The topological polar surface area (TPSA) is 101 Å². The number of hydrogen-bond donors (Lipinski definition) is 1. The fourth-order valence-electron chi connectivity index (χ4n) is 2.06. The molecule has 1 fully saturated rings. The van der Waals surface area contributed by atoms with Crippen LogP contribution in [0.2, 0.25) is 5.15 Å². The molecule has 3 rings (SSSR count). The number of carboxylic acids is 1. The highest BCUT2D eigenvalue weighted by Crippen LogP contribution is 2.24. The van der Waals surface area contributed by atoms with Crippen molar-refractivity contribution in [2.45, 2.75) is 6.04 Å². The van der Waals surface area contributed by atoms with Crippen LogP contribution in [0.15, 0.2) is 24.5 Å². The molecule has 1 aliphatic heterocycles. The predicted molar refractivity (Wildman–Crippen MR) is 71.2 cm³/mol. The monoisotopic (exact) mass is 307 g/mol. The third kappa shape index (κ3) is 2.45. The van der Waals surface area contributed by atoms with Crippen molar-refractivity contribution < 1.29 is 14.7 Å². The van der Waals surface area contributed by atoms with Gasteiger partial charge in [-0.15, -0.1) is 5.10 Å². The van der Waals surface area contributed by atoms with Gasteiger partial charge in [-0.3, -0.25) is 4.79 Å². The summed E-state index contributed by atoms with van der Waals surface area (Å²) < 4.78 is 1.46. The molecule has 0 saturated carbocycles. The van der Waals surface area contributed by atoms with Gasteiger partial charge in [0.15, 0.2) is 5.69 Å². The molecule has 8 nitrogen and oxygen atoms in total. The molecule has 2 aromatic rings. The zero-order valence-electron chi connectivity index (χ0n) is 10.7. The largest absolute Gasteiger partial charge is 0.476 e. The molecule has 0 unspecified atom stereocenters. The maximum Gasteiger partial charge on any atom is 0.358 e. The lowest BCUT2D eigenvalue weighted by atomic mass is 10.1. The quantitative estimate of drug-likeness (QED) is 0.839. The second-order valence-electron chi connectivity index (χ2n) is 4.59. The highest BCUT2D eigenvalue weighted by Gasteiger charge is 2.34. The van der Waals surface area contributed by atoms with Crippen molar-refractivity contribution in [3.63, 3.8) is 0 Å². The van der Waals surface area contributed by atoms with Crippen molar-refractivity contribution in [3.05, 3.63) is 40.9 Å². The van der Waals surface area contributed by atoms with Crippen LogP contribution < -0.4 is 0 Å². The highest BCUT2D eigenvalue weighted by molar-refractivity contribution is 6.32.